The lowest BCUT2D eigenvalue weighted by Gasteiger charge is -2.08. The Labute approximate surface area is 169 Å². The van der Waals surface area contributed by atoms with Crippen molar-refractivity contribution in [3.8, 4) is 10.7 Å². The van der Waals surface area contributed by atoms with E-state index in [1.165, 1.54) is 17.8 Å². The maximum Gasteiger partial charge on any atom is 0.293 e. The van der Waals surface area contributed by atoms with Crippen LogP contribution in [0.4, 0.5) is 11.4 Å². The molecule has 3 aromatic rings. The van der Waals surface area contributed by atoms with Crippen LogP contribution in [0.25, 0.3) is 10.7 Å². The van der Waals surface area contributed by atoms with Gasteiger partial charge in [0.15, 0.2) is 11.0 Å². The van der Waals surface area contributed by atoms with Crippen molar-refractivity contribution in [1.82, 2.24) is 14.8 Å². The van der Waals surface area contributed by atoms with Crippen molar-refractivity contribution >= 4 is 40.4 Å². The van der Waals surface area contributed by atoms with Crippen LogP contribution in [0.15, 0.2) is 40.9 Å². The number of thioether (sulfide) groups is 1. The lowest BCUT2D eigenvalue weighted by Crippen LogP contribution is -2.15. The molecule has 1 aliphatic rings. The normalized spacial score (nSPS) is 13.5. The number of nitro benzene ring substituents is 1. The highest BCUT2D eigenvalue weighted by molar-refractivity contribution is 7.99. The SMILES string of the molecule is Cc1ccc(NC(=O)CSc2nnc(-c3cccs3)n2C2CC2)c([N+](=O)[O-])c1. The summed E-state index contributed by atoms with van der Waals surface area (Å²) in [5.41, 5.74) is 0.848. The highest BCUT2D eigenvalue weighted by Crippen LogP contribution is 2.41. The molecular weight excluding hydrogens is 398 g/mol. The highest BCUT2D eigenvalue weighted by atomic mass is 32.2. The Bertz CT molecular complexity index is 1030. The number of hydrogen-bond donors (Lipinski definition) is 1. The molecule has 8 nitrogen and oxygen atoms in total. The van der Waals surface area contributed by atoms with Crippen molar-refractivity contribution in [3.63, 3.8) is 0 Å². The molecule has 4 rings (SSSR count). The molecule has 1 fully saturated rings. The molecule has 0 atom stereocenters. The highest BCUT2D eigenvalue weighted by Gasteiger charge is 2.30. The zero-order valence-electron chi connectivity index (χ0n) is 15.0. The van der Waals surface area contributed by atoms with Gasteiger partial charge in [0.1, 0.15) is 5.69 Å². The number of anilines is 1. The van der Waals surface area contributed by atoms with E-state index in [9.17, 15) is 14.9 Å². The van der Waals surface area contributed by atoms with Crippen molar-refractivity contribution in [2.24, 2.45) is 0 Å². The molecule has 10 heteroatoms. The Kier molecular flexibility index (Phi) is 5.14. The van der Waals surface area contributed by atoms with Gasteiger partial charge in [-0.15, -0.1) is 21.5 Å². The number of rotatable bonds is 7. The second-order valence-electron chi connectivity index (χ2n) is 6.50. The molecule has 0 aliphatic heterocycles. The quantitative estimate of drug-likeness (QED) is 0.351. The summed E-state index contributed by atoms with van der Waals surface area (Å²) < 4.78 is 2.10. The van der Waals surface area contributed by atoms with Gasteiger partial charge in [-0.05, 0) is 42.8 Å². The number of nitrogens with zero attached hydrogens (tertiary/aromatic N) is 4. The molecule has 1 aromatic carbocycles. The van der Waals surface area contributed by atoms with E-state index < -0.39 is 4.92 Å². The first-order valence-corrected chi connectivity index (χ1v) is 10.6. The van der Waals surface area contributed by atoms with E-state index in [1.54, 1.807) is 30.4 Å². The van der Waals surface area contributed by atoms with Gasteiger partial charge in [-0.3, -0.25) is 19.5 Å². The predicted molar refractivity (Wildman–Crippen MR) is 109 cm³/mol. The molecule has 0 bridgehead atoms. The van der Waals surface area contributed by atoms with Gasteiger partial charge < -0.3 is 5.32 Å². The number of thiophene rings is 1. The summed E-state index contributed by atoms with van der Waals surface area (Å²) in [6.45, 7) is 1.77. The summed E-state index contributed by atoms with van der Waals surface area (Å²) >= 11 is 2.89. The monoisotopic (exact) mass is 415 g/mol. The molecule has 0 unspecified atom stereocenters. The maximum absolute atomic E-state index is 12.4. The molecule has 1 saturated carbocycles. The largest absolute Gasteiger partial charge is 0.320 e. The average Bonchev–Trinajstić information content (AvgIpc) is 3.18. The van der Waals surface area contributed by atoms with Crippen LogP contribution in [0, 0.1) is 17.0 Å². The standard InChI is InChI=1S/C18H17N5O3S2/c1-11-4-7-13(14(9-11)23(25)26)19-16(24)10-28-18-21-20-17(15-3-2-8-27-15)22(18)12-5-6-12/h2-4,7-9,12H,5-6,10H2,1H3,(H,19,24). The lowest BCUT2D eigenvalue weighted by molar-refractivity contribution is -0.384. The summed E-state index contributed by atoms with van der Waals surface area (Å²) in [5.74, 6) is 0.606. The number of nitro groups is 1. The zero-order valence-corrected chi connectivity index (χ0v) is 16.6. The van der Waals surface area contributed by atoms with Gasteiger partial charge in [-0.25, -0.2) is 0 Å². The molecule has 1 aliphatic carbocycles. The number of nitrogens with one attached hydrogen (secondary N) is 1. The molecule has 0 saturated heterocycles. The minimum atomic E-state index is -0.493. The molecule has 2 aromatic heterocycles. The Balaban J connectivity index is 1.47. The number of aromatic nitrogens is 3. The molecule has 1 amide bonds. The Morgan fingerprint density at radius 2 is 2.21 bits per heavy atom. The zero-order chi connectivity index (χ0) is 19.7. The topological polar surface area (TPSA) is 103 Å². The van der Waals surface area contributed by atoms with E-state index in [0.717, 1.165) is 29.1 Å². The second-order valence-corrected chi connectivity index (χ2v) is 8.39. The van der Waals surface area contributed by atoms with Crippen LogP contribution in [0.5, 0.6) is 0 Å². The fraction of sp³-hybridized carbons (Fsp3) is 0.278. The molecule has 2 heterocycles. The van der Waals surface area contributed by atoms with Gasteiger partial charge in [-0.2, -0.15) is 0 Å². The number of benzene rings is 1. The first-order valence-electron chi connectivity index (χ1n) is 8.69. The van der Waals surface area contributed by atoms with Gasteiger partial charge in [0.2, 0.25) is 5.91 Å². The van der Waals surface area contributed by atoms with Crippen LogP contribution in [-0.4, -0.2) is 31.3 Å². The minimum Gasteiger partial charge on any atom is -0.320 e. The third kappa shape index (κ3) is 3.92. The first kappa shape index (κ1) is 18.6. The summed E-state index contributed by atoms with van der Waals surface area (Å²) in [6.07, 6.45) is 2.15. The van der Waals surface area contributed by atoms with E-state index in [0.29, 0.717) is 11.2 Å². The fourth-order valence-electron chi connectivity index (χ4n) is 2.83. The van der Waals surface area contributed by atoms with Crippen molar-refractivity contribution < 1.29 is 9.72 Å². The van der Waals surface area contributed by atoms with Gasteiger partial charge in [0.05, 0.1) is 15.6 Å². The van der Waals surface area contributed by atoms with Crippen LogP contribution in [-0.2, 0) is 4.79 Å². The summed E-state index contributed by atoms with van der Waals surface area (Å²) in [5, 5.41) is 25.1. The van der Waals surface area contributed by atoms with E-state index in [2.05, 4.69) is 20.1 Å². The van der Waals surface area contributed by atoms with Crippen molar-refractivity contribution in [1.29, 1.82) is 0 Å². The third-order valence-corrected chi connectivity index (χ3v) is 6.08. The van der Waals surface area contributed by atoms with E-state index in [1.807, 2.05) is 17.5 Å². The number of carbonyl (C=O) groups is 1. The van der Waals surface area contributed by atoms with E-state index in [-0.39, 0.29) is 23.0 Å². The number of carbonyl (C=O) groups excluding carboxylic acids is 1. The Morgan fingerprint density at radius 3 is 2.89 bits per heavy atom. The number of amides is 1. The summed E-state index contributed by atoms with van der Waals surface area (Å²) in [7, 11) is 0. The Hall–Kier alpha value is -2.72. The summed E-state index contributed by atoms with van der Waals surface area (Å²) in [6, 6.07) is 9.08. The number of aryl methyl sites for hydroxylation is 1. The van der Waals surface area contributed by atoms with Crippen molar-refractivity contribution in [2.75, 3.05) is 11.1 Å². The number of hydrogen-bond acceptors (Lipinski definition) is 7. The molecule has 0 radical (unpaired) electrons. The molecule has 0 spiro atoms. The van der Waals surface area contributed by atoms with Gasteiger partial charge in [-0.1, -0.05) is 23.9 Å². The van der Waals surface area contributed by atoms with Crippen molar-refractivity contribution in [3.05, 3.63) is 51.4 Å². The predicted octanol–water partition coefficient (Wildman–Crippen LogP) is 4.29. The van der Waals surface area contributed by atoms with Crippen molar-refractivity contribution in [2.45, 2.75) is 31.0 Å². The van der Waals surface area contributed by atoms with Crippen LogP contribution in [0.3, 0.4) is 0 Å². The van der Waals surface area contributed by atoms with E-state index in [4.69, 9.17) is 0 Å². The average molecular weight is 416 g/mol. The lowest BCUT2D eigenvalue weighted by atomic mass is 10.2. The van der Waals surface area contributed by atoms with Crippen LogP contribution in [0.1, 0.15) is 24.4 Å². The molecule has 144 valence electrons. The third-order valence-electron chi connectivity index (χ3n) is 4.27. The van der Waals surface area contributed by atoms with Crippen LogP contribution in [0.2, 0.25) is 0 Å². The minimum absolute atomic E-state index is 0.0975. The van der Waals surface area contributed by atoms with Crippen LogP contribution < -0.4 is 5.32 Å². The first-order chi connectivity index (χ1) is 13.5. The molecule has 28 heavy (non-hydrogen) atoms. The van der Waals surface area contributed by atoms with Crippen LogP contribution >= 0.6 is 23.1 Å². The summed E-state index contributed by atoms with van der Waals surface area (Å²) in [4.78, 5) is 24.1. The van der Waals surface area contributed by atoms with E-state index >= 15 is 0 Å². The smallest absolute Gasteiger partial charge is 0.293 e. The molecule has 1 N–H and O–H groups in total. The van der Waals surface area contributed by atoms with Gasteiger partial charge in [0.25, 0.3) is 5.69 Å². The molecular formula is C18H17N5O3S2. The Morgan fingerprint density at radius 1 is 1.39 bits per heavy atom. The second kappa shape index (κ2) is 7.72. The van der Waals surface area contributed by atoms with Gasteiger partial charge in [0, 0.05) is 12.1 Å². The maximum atomic E-state index is 12.4. The van der Waals surface area contributed by atoms with Gasteiger partial charge >= 0.3 is 0 Å². The fourth-order valence-corrected chi connectivity index (χ4v) is 4.34.